The van der Waals surface area contributed by atoms with Crippen LogP contribution in [0.2, 0.25) is 0 Å². The van der Waals surface area contributed by atoms with Gasteiger partial charge in [0.1, 0.15) is 11.6 Å². The molecule has 8 heteroatoms. The molecule has 33 heavy (non-hydrogen) atoms. The number of urea groups is 1. The Labute approximate surface area is 195 Å². The smallest absolute Gasteiger partial charge is 0.312 e. The molecular weight excluding hydrogens is 422 g/mol. The van der Waals surface area contributed by atoms with Gasteiger partial charge in [-0.3, -0.25) is 14.4 Å². The first-order chi connectivity index (χ1) is 15.8. The lowest BCUT2D eigenvalue weighted by Gasteiger charge is -2.35. The molecule has 1 aliphatic carbocycles. The molecule has 0 aliphatic heterocycles. The van der Waals surface area contributed by atoms with Gasteiger partial charge in [-0.1, -0.05) is 38.3 Å². The van der Waals surface area contributed by atoms with E-state index in [-0.39, 0.29) is 30.5 Å². The number of Topliss-reactive ketones (excluding diaryl/α,β-unsaturated/α-hetero) is 2. The molecule has 0 unspecified atom stereocenters. The monoisotopic (exact) mass is 459 g/mol. The Morgan fingerprint density at radius 2 is 1.73 bits per heavy atom. The van der Waals surface area contributed by atoms with Gasteiger partial charge in [-0.15, -0.1) is 0 Å². The van der Waals surface area contributed by atoms with Crippen molar-refractivity contribution in [2.75, 3.05) is 11.9 Å². The van der Waals surface area contributed by atoms with Crippen molar-refractivity contribution in [3.05, 3.63) is 29.8 Å². The van der Waals surface area contributed by atoms with E-state index in [1.54, 1.807) is 24.3 Å². The molecule has 0 spiro atoms. The second-order valence-electron chi connectivity index (χ2n) is 8.92. The van der Waals surface area contributed by atoms with E-state index in [0.29, 0.717) is 50.8 Å². The van der Waals surface area contributed by atoms with Gasteiger partial charge in [0.25, 0.3) is 0 Å². The summed E-state index contributed by atoms with van der Waals surface area (Å²) in [5, 5.41) is 14.6. The van der Waals surface area contributed by atoms with Gasteiger partial charge >= 0.3 is 6.03 Å². The molecule has 0 bridgehead atoms. The number of hydrogen-bond donors (Lipinski definition) is 4. The van der Waals surface area contributed by atoms with E-state index in [2.05, 4.69) is 10.6 Å². The Balaban J connectivity index is 2.16. The summed E-state index contributed by atoms with van der Waals surface area (Å²) in [5.41, 5.74) is 5.44. The van der Waals surface area contributed by atoms with Crippen LogP contribution >= 0.6 is 0 Å². The quantitative estimate of drug-likeness (QED) is 0.264. The number of anilines is 1. The van der Waals surface area contributed by atoms with Crippen LogP contribution in [0.4, 0.5) is 10.5 Å². The van der Waals surface area contributed by atoms with Crippen LogP contribution in [0.25, 0.3) is 0 Å². The maximum atomic E-state index is 13.5. The molecule has 2 rings (SSSR count). The van der Waals surface area contributed by atoms with E-state index in [9.17, 15) is 24.3 Å². The zero-order valence-corrected chi connectivity index (χ0v) is 19.5. The lowest BCUT2D eigenvalue weighted by Crippen LogP contribution is -2.43. The average Bonchev–Trinajstić information content (AvgIpc) is 2.81. The Kier molecular flexibility index (Phi) is 10.5. The highest BCUT2D eigenvalue weighted by Crippen LogP contribution is 2.41. The van der Waals surface area contributed by atoms with Crippen molar-refractivity contribution in [3.63, 3.8) is 0 Å². The molecule has 0 radical (unpaired) electrons. The highest BCUT2D eigenvalue weighted by atomic mass is 16.3. The minimum absolute atomic E-state index is 0.00356. The minimum Gasteiger partial charge on any atom is -0.392 e. The van der Waals surface area contributed by atoms with Gasteiger partial charge < -0.3 is 21.5 Å². The third-order valence-electron chi connectivity index (χ3n) is 6.49. The first-order valence-electron chi connectivity index (χ1n) is 11.9. The number of ketones is 2. The first kappa shape index (κ1) is 26.5. The number of nitrogens with one attached hydrogen (secondary N) is 2. The molecule has 0 aromatic heterocycles. The van der Waals surface area contributed by atoms with Crippen LogP contribution in [-0.2, 0) is 21.0 Å². The second-order valence-corrected chi connectivity index (χ2v) is 8.92. The molecule has 0 heterocycles. The summed E-state index contributed by atoms with van der Waals surface area (Å²) in [4.78, 5) is 50.6. The number of nitrogens with two attached hydrogens (primary N) is 1. The predicted molar refractivity (Wildman–Crippen MR) is 126 cm³/mol. The largest absolute Gasteiger partial charge is 0.392 e. The van der Waals surface area contributed by atoms with Crippen LogP contribution < -0.4 is 16.4 Å². The van der Waals surface area contributed by atoms with Gasteiger partial charge in [-0.05, 0) is 49.8 Å². The third kappa shape index (κ3) is 7.67. The number of benzene rings is 1. The van der Waals surface area contributed by atoms with Crippen molar-refractivity contribution in [1.82, 2.24) is 5.32 Å². The molecule has 1 aromatic rings. The number of carbonyl (C=O) groups is 4. The summed E-state index contributed by atoms with van der Waals surface area (Å²) in [7, 11) is 0. The zero-order valence-electron chi connectivity index (χ0n) is 19.5. The SMILES string of the molecule is CCCC(=O)C1(C(=O)C[C@@H](CCCNC(N)=O)C(=O)Nc2ccc(CO)cc2)CCCCC1. The van der Waals surface area contributed by atoms with Crippen LogP contribution in [0.1, 0.15) is 76.7 Å². The summed E-state index contributed by atoms with van der Waals surface area (Å²) in [6.45, 7) is 2.15. The molecule has 1 aliphatic rings. The van der Waals surface area contributed by atoms with Crippen molar-refractivity contribution < 1.29 is 24.3 Å². The fraction of sp³-hybridized carbons (Fsp3) is 0.600. The highest BCUT2D eigenvalue weighted by Gasteiger charge is 2.45. The van der Waals surface area contributed by atoms with Crippen LogP contribution in [-0.4, -0.2) is 35.2 Å². The summed E-state index contributed by atoms with van der Waals surface area (Å²) in [6, 6.07) is 6.19. The van der Waals surface area contributed by atoms with Crippen molar-refractivity contribution in [3.8, 4) is 0 Å². The molecule has 1 fully saturated rings. The van der Waals surface area contributed by atoms with Gasteiger partial charge in [0.2, 0.25) is 5.91 Å². The predicted octanol–water partition coefficient (Wildman–Crippen LogP) is 3.46. The standard InChI is InChI=1S/C25H37N3O5/c1-2-7-21(30)25(13-4-3-5-14-25)22(31)16-19(8-6-15-27-24(26)33)23(32)28-20-11-9-18(17-29)10-12-20/h9-12,19,29H,2-8,13-17H2,1H3,(H,28,32)(H3,26,27,33)/t19-/m1/s1. The normalized spacial score (nSPS) is 15.9. The Morgan fingerprint density at radius 3 is 2.30 bits per heavy atom. The van der Waals surface area contributed by atoms with Crippen LogP contribution in [0, 0.1) is 11.3 Å². The molecule has 1 aromatic carbocycles. The molecule has 5 N–H and O–H groups in total. The number of primary amides is 1. The number of carbonyl (C=O) groups excluding carboxylic acids is 4. The van der Waals surface area contributed by atoms with Crippen molar-refractivity contribution in [2.24, 2.45) is 17.1 Å². The van der Waals surface area contributed by atoms with Crippen LogP contribution in [0.15, 0.2) is 24.3 Å². The van der Waals surface area contributed by atoms with Gasteiger partial charge in [0.15, 0.2) is 0 Å². The van der Waals surface area contributed by atoms with Crippen molar-refractivity contribution in [1.29, 1.82) is 0 Å². The lowest BCUT2D eigenvalue weighted by molar-refractivity contribution is -0.145. The average molecular weight is 460 g/mol. The van der Waals surface area contributed by atoms with E-state index in [0.717, 1.165) is 24.8 Å². The summed E-state index contributed by atoms with van der Waals surface area (Å²) in [6.07, 6.45) is 5.75. The van der Waals surface area contributed by atoms with E-state index in [1.165, 1.54) is 0 Å². The zero-order chi connectivity index (χ0) is 24.3. The van der Waals surface area contributed by atoms with Gasteiger partial charge in [-0.2, -0.15) is 0 Å². The van der Waals surface area contributed by atoms with Gasteiger partial charge in [0, 0.05) is 31.0 Å². The summed E-state index contributed by atoms with van der Waals surface area (Å²) in [5.74, 6) is -1.06. The van der Waals surface area contributed by atoms with E-state index >= 15 is 0 Å². The maximum Gasteiger partial charge on any atom is 0.312 e. The Bertz CT molecular complexity index is 816. The molecule has 8 nitrogen and oxygen atoms in total. The van der Waals surface area contributed by atoms with Gasteiger partial charge in [-0.25, -0.2) is 4.79 Å². The fourth-order valence-electron chi connectivity index (χ4n) is 4.58. The van der Waals surface area contributed by atoms with Crippen molar-refractivity contribution >= 4 is 29.2 Å². The maximum absolute atomic E-state index is 13.5. The van der Waals surface area contributed by atoms with Crippen LogP contribution in [0.3, 0.4) is 0 Å². The lowest BCUT2D eigenvalue weighted by atomic mass is 9.65. The first-order valence-corrected chi connectivity index (χ1v) is 11.9. The number of amides is 3. The third-order valence-corrected chi connectivity index (χ3v) is 6.49. The Morgan fingerprint density at radius 1 is 1.06 bits per heavy atom. The topological polar surface area (TPSA) is 139 Å². The Hall–Kier alpha value is -2.74. The van der Waals surface area contributed by atoms with E-state index in [4.69, 9.17) is 5.73 Å². The van der Waals surface area contributed by atoms with Crippen LogP contribution in [0.5, 0.6) is 0 Å². The molecule has 1 atom stereocenters. The second kappa shape index (κ2) is 13.1. The molecule has 182 valence electrons. The number of aliphatic hydroxyl groups is 1. The molecular formula is C25H37N3O5. The van der Waals surface area contributed by atoms with E-state index < -0.39 is 17.4 Å². The van der Waals surface area contributed by atoms with Crippen molar-refractivity contribution in [2.45, 2.75) is 77.7 Å². The van der Waals surface area contributed by atoms with E-state index in [1.807, 2.05) is 6.92 Å². The number of aliphatic hydroxyl groups excluding tert-OH is 1. The molecule has 0 saturated heterocycles. The van der Waals surface area contributed by atoms with Gasteiger partial charge in [0.05, 0.1) is 12.0 Å². The number of rotatable bonds is 13. The molecule has 1 saturated carbocycles. The fourth-order valence-corrected chi connectivity index (χ4v) is 4.58. The molecule has 3 amide bonds. The summed E-state index contributed by atoms with van der Waals surface area (Å²) >= 11 is 0. The summed E-state index contributed by atoms with van der Waals surface area (Å²) < 4.78 is 0. The number of hydrogen-bond acceptors (Lipinski definition) is 5. The highest BCUT2D eigenvalue weighted by molar-refractivity contribution is 6.08. The minimum atomic E-state index is -0.971.